The van der Waals surface area contributed by atoms with Gasteiger partial charge in [0.05, 0.1) is 11.5 Å². The van der Waals surface area contributed by atoms with Crippen LogP contribution in [0.2, 0.25) is 0 Å². The van der Waals surface area contributed by atoms with Gasteiger partial charge in [0.25, 0.3) is 5.69 Å². The van der Waals surface area contributed by atoms with Crippen molar-refractivity contribution in [2.24, 2.45) is 0 Å². The van der Waals surface area contributed by atoms with Gasteiger partial charge >= 0.3 is 5.97 Å². The fraction of sp³-hybridized carbons (Fsp3) is 0.300. The minimum Gasteiger partial charge on any atom is -0.479 e. The molecule has 1 aromatic carbocycles. The molecular formula is C10H12N2O5. The summed E-state index contributed by atoms with van der Waals surface area (Å²) in [6.07, 6.45) is -1.51. The first-order valence-electron chi connectivity index (χ1n) is 4.81. The third-order valence-corrected chi connectivity index (χ3v) is 2.18. The highest BCUT2D eigenvalue weighted by atomic mass is 16.6. The van der Waals surface area contributed by atoms with Crippen molar-refractivity contribution in [3.63, 3.8) is 0 Å². The summed E-state index contributed by atoms with van der Waals surface area (Å²) in [5, 5.41) is 30.7. The molecule has 0 spiro atoms. The summed E-state index contributed by atoms with van der Waals surface area (Å²) in [4.78, 5) is 20.4. The van der Waals surface area contributed by atoms with Crippen molar-refractivity contribution in [1.82, 2.24) is 0 Å². The summed E-state index contributed by atoms with van der Waals surface area (Å²) in [7, 11) is 0. The van der Waals surface area contributed by atoms with Crippen molar-refractivity contribution >= 4 is 17.3 Å². The van der Waals surface area contributed by atoms with Crippen LogP contribution < -0.4 is 5.32 Å². The van der Waals surface area contributed by atoms with Crippen LogP contribution in [0.25, 0.3) is 0 Å². The Morgan fingerprint density at radius 3 is 2.71 bits per heavy atom. The smallest absolute Gasteiger partial charge is 0.334 e. The average Bonchev–Trinajstić information content (AvgIpc) is 2.25. The highest BCUT2D eigenvalue weighted by Gasteiger charge is 2.14. The van der Waals surface area contributed by atoms with E-state index in [9.17, 15) is 14.9 Å². The second-order valence-electron chi connectivity index (χ2n) is 3.49. The van der Waals surface area contributed by atoms with Crippen molar-refractivity contribution in [2.75, 3.05) is 11.9 Å². The Kier molecular flexibility index (Phi) is 4.00. The first-order valence-corrected chi connectivity index (χ1v) is 4.81. The maximum atomic E-state index is 10.6. The molecule has 0 fully saturated rings. The third kappa shape index (κ3) is 3.42. The maximum absolute atomic E-state index is 10.6. The van der Waals surface area contributed by atoms with Crippen molar-refractivity contribution in [1.29, 1.82) is 0 Å². The molecule has 0 aliphatic rings. The van der Waals surface area contributed by atoms with Crippen LogP contribution in [-0.4, -0.2) is 33.8 Å². The molecule has 1 aromatic rings. The predicted octanol–water partition coefficient (Wildman–Crippen LogP) is 0.761. The summed E-state index contributed by atoms with van der Waals surface area (Å²) in [6, 6.07) is 4.30. The van der Waals surface area contributed by atoms with E-state index in [4.69, 9.17) is 10.2 Å². The number of carboxylic acid groups (broad SMARTS) is 1. The number of nitro benzene ring substituents is 1. The van der Waals surface area contributed by atoms with Gasteiger partial charge < -0.3 is 15.5 Å². The van der Waals surface area contributed by atoms with E-state index in [2.05, 4.69) is 5.32 Å². The number of aryl methyl sites for hydroxylation is 1. The lowest BCUT2D eigenvalue weighted by Crippen LogP contribution is -2.28. The lowest BCUT2D eigenvalue weighted by atomic mass is 10.2. The number of anilines is 1. The number of nitro groups is 1. The van der Waals surface area contributed by atoms with E-state index in [0.29, 0.717) is 11.3 Å². The van der Waals surface area contributed by atoms with E-state index in [1.807, 2.05) is 0 Å². The first kappa shape index (κ1) is 12.9. The molecule has 1 rings (SSSR count). The number of aliphatic hydroxyl groups is 1. The average molecular weight is 240 g/mol. The largest absolute Gasteiger partial charge is 0.479 e. The Labute approximate surface area is 96.8 Å². The van der Waals surface area contributed by atoms with E-state index < -0.39 is 17.0 Å². The minimum atomic E-state index is -1.51. The second kappa shape index (κ2) is 5.26. The van der Waals surface area contributed by atoms with Gasteiger partial charge in [-0.15, -0.1) is 0 Å². The molecule has 17 heavy (non-hydrogen) atoms. The molecule has 0 amide bonds. The zero-order valence-corrected chi connectivity index (χ0v) is 9.08. The van der Waals surface area contributed by atoms with E-state index in [0.717, 1.165) is 0 Å². The molecule has 1 unspecified atom stereocenters. The Bertz CT molecular complexity index is 446. The number of hydrogen-bond acceptors (Lipinski definition) is 5. The van der Waals surface area contributed by atoms with Gasteiger partial charge in [-0.1, -0.05) is 0 Å². The van der Waals surface area contributed by atoms with Crippen molar-refractivity contribution in [2.45, 2.75) is 13.0 Å². The van der Waals surface area contributed by atoms with Gasteiger partial charge in [0.15, 0.2) is 6.10 Å². The number of hydrogen-bond donors (Lipinski definition) is 3. The molecule has 0 saturated heterocycles. The van der Waals surface area contributed by atoms with Crippen molar-refractivity contribution in [3.05, 3.63) is 33.9 Å². The minimum absolute atomic E-state index is 0.00525. The van der Waals surface area contributed by atoms with Crippen LogP contribution in [0.3, 0.4) is 0 Å². The Hall–Kier alpha value is -2.15. The highest BCUT2D eigenvalue weighted by Crippen LogP contribution is 2.21. The summed E-state index contributed by atoms with van der Waals surface area (Å²) < 4.78 is 0. The summed E-state index contributed by atoms with van der Waals surface area (Å²) in [6.45, 7) is 1.42. The predicted molar refractivity (Wildman–Crippen MR) is 60.0 cm³/mol. The molecule has 0 saturated carbocycles. The monoisotopic (exact) mass is 240 g/mol. The van der Waals surface area contributed by atoms with Gasteiger partial charge in [-0.2, -0.15) is 0 Å². The van der Waals surface area contributed by atoms with Crippen LogP contribution in [-0.2, 0) is 4.79 Å². The van der Waals surface area contributed by atoms with Gasteiger partial charge in [-0.25, -0.2) is 4.79 Å². The Morgan fingerprint density at radius 2 is 2.24 bits per heavy atom. The van der Waals surface area contributed by atoms with Gasteiger partial charge in [0.1, 0.15) is 0 Å². The maximum Gasteiger partial charge on any atom is 0.334 e. The number of benzene rings is 1. The Balaban J connectivity index is 2.71. The molecule has 0 aliphatic carbocycles. The number of aliphatic carboxylic acids is 1. The summed E-state index contributed by atoms with van der Waals surface area (Å²) >= 11 is 0. The highest BCUT2D eigenvalue weighted by molar-refractivity contribution is 5.72. The van der Waals surface area contributed by atoms with Gasteiger partial charge in [0, 0.05) is 17.3 Å². The number of aliphatic hydroxyl groups excluding tert-OH is 1. The third-order valence-electron chi connectivity index (χ3n) is 2.18. The van der Waals surface area contributed by atoms with Crippen LogP contribution >= 0.6 is 0 Å². The van der Waals surface area contributed by atoms with Crippen LogP contribution in [0.15, 0.2) is 18.2 Å². The van der Waals surface area contributed by atoms with E-state index in [1.165, 1.54) is 18.2 Å². The molecule has 0 bridgehead atoms. The number of carbonyl (C=O) groups is 1. The van der Waals surface area contributed by atoms with E-state index in [-0.39, 0.29) is 12.2 Å². The molecule has 0 heterocycles. The molecule has 0 aromatic heterocycles. The quantitative estimate of drug-likeness (QED) is 0.517. The SMILES string of the molecule is Cc1cc(NCC(O)C(=O)O)ccc1[N+](=O)[O-]. The second-order valence-corrected chi connectivity index (χ2v) is 3.49. The van der Waals surface area contributed by atoms with E-state index >= 15 is 0 Å². The number of carboxylic acids is 1. The lowest BCUT2D eigenvalue weighted by molar-refractivity contribution is -0.385. The topological polar surface area (TPSA) is 113 Å². The summed E-state index contributed by atoms with van der Waals surface area (Å²) in [5.74, 6) is -1.32. The number of nitrogens with one attached hydrogen (secondary N) is 1. The Morgan fingerprint density at radius 1 is 1.59 bits per heavy atom. The standard InChI is InChI=1S/C10H12N2O5/c1-6-4-7(2-3-8(6)12(16)17)11-5-9(13)10(14)15/h2-4,9,11,13H,5H2,1H3,(H,14,15). The number of nitrogens with zero attached hydrogens (tertiary/aromatic N) is 1. The van der Waals surface area contributed by atoms with Gasteiger partial charge in [-0.05, 0) is 19.1 Å². The van der Waals surface area contributed by atoms with Crippen molar-refractivity contribution in [3.8, 4) is 0 Å². The molecule has 0 aliphatic heterocycles. The zero-order chi connectivity index (χ0) is 13.0. The summed E-state index contributed by atoms with van der Waals surface area (Å²) in [5.41, 5.74) is 0.979. The normalized spacial score (nSPS) is 11.9. The number of rotatable bonds is 5. The van der Waals surface area contributed by atoms with Crippen LogP contribution in [0.1, 0.15) is 5.56 Å². The van der Waals surface area contributed by atoms with Crippen LogP contribution in [0.4, 0.5) is 11.4 Å². The molecule has 1 atom stereocenters. The van der Waals surface area contributed by atoms with Crippen LogP contribution in [0, 0.1) is 17.0 Å². The molecule has 7 nitrogen and oxygen atoms in total. The van der Waals surface area contributed by atoms with Crippen LogP contribution in [0.5, 0.6) is 0 Å². The molecule has 0 radical (unpaired) electrons. The van der Waals surface area contributed by atoms with E-state index in [1.54, 1.807) is 6.92 Å². The zero-order valence-electron chi connectivity index (χ0n) is 9.08. The fourth-order valence-electron chi connectivity index (χ4n) is 1.27. The van der Waals surface area contributed by atoms with Gasteiger partial charge in [-0.3, -0.25) is 10.1 Å². The molecular weight excluding hydrogens is 228 g/mol. The molecule has 92 valence electrons. The molecule has 3 N–H and O–H groups in total. The lowest BCUT2D eigenvalue weighted by Gasteiger charge is -2.09. The first-order chi connectivity index (χ1) is 7.91. The van der Waals surface area contributed by atoms with Crippen molar-refractivity contribution < 1.29 is 19.9 Å². The fourth-order valence-corrected chi connectivity index (χ4v) is 1.27. The van der Waals surface area contributed by atoms with Gasteiger partial charge in [0.2, 0.25) is 0 Å². The molecule has 7 heteroatoms.